The first-order valence-corrected chi connectivity index (χ1v) is 7.16. The Labute approximate surface area is 113 Å². The molecule has 0 aliphatic rings. The Morgan fingerprint density at radius 1 is 0.667 bits per heavy atom. The molecule has 4 heteroatoms. The van der Waals surface area contributed by atoms with Gasteiger partial charge in [0, 0.05) is 27.3 Å². The number of hydrogen-bond acceptors (Lipinski definition) is 4. The molecular formula is C14H32N2O2. The molecule has 0 aliphatic carbocycles. The van der Waals surface area contributed by atoms with Crippen molar-refractivity contribution in [3.8, 4) is 0 Å². The highest BCUT2D eigenvalue weighted by Gasteiger charge is 2.24. The number of likely N-dealkylation sites (N-methyl/N-ethyl adjacent to an activating group) is 2. The molecule has 0 fully saturated rings. The summed E-state index contributed by atoms with van der Waals surface area (Å²) in [4.78, 5) is 4.75. The second kappa shape index (κ2) is 10.7. The van der Waals surface area contributed by atoms with Gasteiger partial charge in [-0.15, -0.1) is 0 Å². The topological polar surface area (TPSA) is 24.9 Å². The highest BCUT2D eigenvalue weighted by Crippen LogP contribution is 2.08. The first-order valence-electron chi connectivity index (χ1n) is 7.16. The zero-order chi connectivity index (χ0) is 14.0. The summed E-state index contributed by atoms with van der Waals surface area (Å²) < 4.78 is 11.3. The van der Waals surface area contributed by atoms with Gasteiger partial charge in [-0.25, -0.2) is 0 Å². The van der Waals surface area contributed by atoms with E-state index >= 15 is 0 Å². The molecule has 0 aromatic heterocycles. The van der Waals surface area contributed by atoms with Gasteiger partial charge in [-0.2, -0.15) is 0 Å². The lowest BCUT2D eigenvalue weighted by atomic mass is 10.1. The van der Waals surface area contributed by atoms with E-state index < -0.39 is 0 Å². The smallest absolute Gasteiger partial charge is 0.0971 e. The molecular weight excluding hydrogens is 228 g/mol. The molecule has 4 nitrogen and oxygen atoms in total. The fourth-order valence-electron chi connectivity index (χ4n) is 2.16. The van der Waals surface area contributed by atoms with Gasteiger partial charge in [0.2, 0.25) is 0 Å². The zero-order valence-electron chi connectivity index (χ0n) is 13.1. The maximum atomic E-state index is 5.63. The van der Waals surface area contributed by atoms with E-state index in [1.165, 1.54) is 0 Å². The highest BCUT2D eigenvalue weighted by atomic mass is 16.5. The predicted octanol–water partition coefficient (Wildman–Crippen LogP) is 1.70. The second-order valence-electron chi connectivity index (χ2n) is 4.52. The minimum atomic E-state index is 0.135. The van der Waals surface area contributed by atoms with Crippen LogP contribution in [0.4, 0.5) is 0 Å². The summed E-state index contributed by atoms with van der Waals surface area (Å²) in [6.07, 6.45) is 0.269. The van der Waals surface area contributed by atoms with E-state index in [1.54, 1.807) is 14.2 Å². The molecule has 0 radical (unpaired) electrons. The van der Waals surface area contributed by atoms with E-state index in [2.05, 4.69) is 37.5 Å². The van der Waals surface area contributed by atoms with Crippen LogP contribution in [-0.4, -0.2) is 75.5 Å². The van der Waals surface area contributed by atoms with E-state index in [0.29, 0.717) is 0 Å². The van der Waals surface area contributed by atoms with Crippen molar-refractivity contribution in [2.24, 2.45) is 0 Å². The van der Waals surface area contributed by atoms with Gasteiger partial charge in [-0.3, -0.25) is 0 Å². The van der Waals surface area contributed by atoms with Crippen LogP contribution in [0.2, 0.25) is 0 Å². The lowest BCUT2D eigenvalue weighted by molar-refractivity contribution is -0.0611. The fourth-order valence-corrected chi connectivity index (χ4v) is 2.16. The van der Waals surface area contributed by atoms with Crippen molar-refractivity contribution in [1.82, 2.24) is 9.80 Å². The summed E-state index contributed by atoms with van der Waals surface area (Å²) >= 11 is 0. The predicted molar refractivity (Wildman–Crippen MR) is 77.2 cm³/mol. The lowest BCUT2D eigenvalue weighted by Crippen LogP contribution is -2.46. The van der Waals surface area contributed by atoms with Crippen LogP contribution in [0.25, 0.3) is 0 Å². The third kappa shape index (κ3) is 6.14. The molecule has 18 heavy (non-hydrogen) atoms. The highest BCUT2D eigenvalue weighted by molar-refractivity contribution is 4.77. The van der Waals surface area contributed by atoms with Gasteiger partial charge in [0.25, 0.3) is 0 Å². The molecule has 0 unspecified atom stereocenters. The summed E-state index contributed by atoms with van der Waals surface area (Å²) in [5.41, 5.74) is 0. The number of methoxy groups -OCH3 is 2. The summed E-state index contributed by atoms with van der Waals surface area (Å²) in [5, 5.41) is 0. The SMILES string of the molecule is CCN(CC)C[C@H](OC)[C@H](CN(CC)CC)OC. The molecule has 0 aromatic carbocycles. The molecule has 0 bridgehead atoms. The van der Waals surface area contributed by atoms with Crippen molar-refractivity contribution in [3.05, 3.63) is 0 Å². The largest absolute Gasteiger partial charge is 0.377 e. The fraction of sp³-hybridized carbons (Fsp3) is 1.00. The van der Waals surface area contributed by atoms with Gasteiger partial charge < -0.3 is 19.3 Å². The molecule has 0 spiro atoms. The van der Waals surface area contributed by atoms with E-state index in [4.69, 9.17) is 9.47 Å². The van der Waals surface area contributed by atoms with Crippen LogP contribution in [0.3, 0.4) is 0 Å². The van der Waals surface area contributed by atoms with Crippen LogP contribution in [0.5, 0.6) is 0 Å². The Morgan fingerprint density at radius 2 is 0.944 bits per heavy atom. The Bertz CT molecular complexity index is 163. The Morgan fingerprint density at radius 3 is 1.11 bits per heavy atom. The lowest BCUT2D eigenvalue weighted by Gasteiger charge is -2.32. The van der Waals surface area contributed by atoms with E-state index in [0.717, 1.165) is 39.3 Å². The molecule has 110 valence electrons. The van der Waals surface area contributed by atoms with E-state index in [1.807, 2.05) is 0 Å². The molecule has 0 saturated carbocycles. The summed E-state index contributed by atoms with van der Waals surface area (Å²) in [5.74, 6) is 0. The van der Waals surface area contributed by atoms with Crippen LogP contribution in [0, 0.1) is 0 Å². The minimum absolute atomic E-state index is 0.135. The monoisotopic (exact) mass is 260 g/mol. The normalized spacial score (nSPS) is 15.3. The van der Waals surface area contributed by atoms with Crippen LogP contribution < -0.4 is 0 Å². The van der Waals surface area contributed by atoms with Gasteiger partial charge >= 0.3 is 0 Å². The van der Waals surface area contributed by atoms with Crippen LogP contribution >= 0.6 is 0 Å². The molecule has 0 N–H and O–H groups in total. The van der Waals surface area contributed by atoms with Gasteiger partial charge in [0.1, 0.15) is 0 Å². The molecule has 0 aromatic rings. The van der Waals surface area contributed by atoms with Crippen LogP contribution in [0.1, 0.15) is 27.7 Å². The van der Waals surface area contributed by atoms with Crippen molar-refractivity contribution < 1.29 is 9.47 Å². The van der Waals surface area contributed by atoms with E-state index in [9.17, 15) is 0 Å². The van der Waals surface area contributed by atoms with Gasteiger partial charge in [0.05, 0.1) is 12.2 Å². The second-order valence-corrected chi connectivity index (χ2v) is 4.52. The van der Waals surface area contributed by atoms with Crippen LogP contribution in [-0.2, 0) is 9.47 Å². The molecule has 2 atom stereocenters. The maximum Gasteiger partial charge on any atom is 0.0971 e. The third-order valence-corrected chi connectivity index (χ3v) is 3.69. The quantitative estimate of drug-likeness (QED) is 0.564. The number of nitrogens with zero attached hydrogens (tertiary/aromatic N) is 2. The van der Waals surface area contributed by atoms with Gasteiger partial charge in [-0.05, 0) is 26.2 Å². The van der Waals surface area contributed by atoms with E-state index in [-0.39, 0.29) is 12.2 Å². The van der Waals surface area contributed by atoms with Crippen molar-refractivity contribution in [1.29, 1.82) is 0 Å². The molecule has 0 saturated heterocycles. The summed E-state index contributed by atoms with van der Waals surface area (Å²) in [6, 6.07) is 0. The van der Waals surface area contributed by atoms with Gasteiger partial charge in [-0.1, -0.05) is 27.7 Å². The summed E-state index contributed by atoms with van der Waals surface area (Å²) in [7, 11) is 3.56. The zero-order valence-corrected chi connectivity index (χ0v) is 13.1. The standard InChI is InChI=1S/C14H32N2O2/c1-7-15(8-2)11-13(17-5)14(18-6)12-16(9-3)10-4/h13-14H,7-12H2,1-6H3/t13-,14-/m0/s1. The molecule has 0 rings (SSSR count). The Hall–Kier alpha value is -0.160. The van der Waals surface area contributed by atoms with Crippen LogP contribution in [0.15, 0.2) is 0 Å². The molecule has 0 amide bonds. The molecule has 0 heterocycles. The third-order valence-electron chi connectivity index (χ3n) is 3.69. The first-order chi connectivity index (χ1) is 8.66. The van der Waals surface area contributed by atoms with Crippen molar-refractivity contribution in [2.75, 3.05) is 53.5 Å². The number of rotatable bonds is 11. The van der Waals surface area contributed by atoms with Crippen molar-refractivity contribution in [3.63, 3.8) is 0 Å². The molecule has 0 aliphatic heterocycles. The Balaban J connectivity index is 4.45. The average Bonchev–Trinajstić information content (AvgIpc) is 2.43. The number of hydrogen-bond donors (Lipinski definition) is 0. The number of ether oxygens (including phenoxy) is 2. The maximum absolute atomic E-state index is 5.63. The summed E-state index contributed by atoms with van der Waals surface area (Å²) in [6.45, 7) is 14.8. The van der Waals surface area contributed by atoms with Gasteiger partial charge in [0.15, 0.2) is 0 Å². The van der Waals surface area contributed by atoms with Crippen molar-refractivity contribution in [2.45, 2.75) is 39.9 Å². The average molecular weight is 260 g/mol. The Kier molecular flexibility index (Phi) is 10.6. The minimum Gasteiger partial charge on any atom is -0.377 e. The first kappa shape index (κ1) is 17.8. The van der Waals surface area contributed by atoms with Crippen molar-refractivity contribution >= 4 is 0 Å².